The number of carbonyl (C=O) groups is 1. The molecule has 1 aromatic rings. The maximum Gasteiger partial charge on any atom is 0.341 e. The van der Waals surface area contributed by atoms with Gasteiger partial charge in [-0.15, -0.1) is 0 Å². The average Bonchev–Trinajstić information content (AvgIpc) is 2.63. The van der Waals surface area contributed by atoms with Crippen molar-refractivity contribution in [3.05, 3.63) is 22.9 Å². The van der Waals surface area contributed by atoms with Crippen molar-refractivity contribution in [3.8, 4) is 0 Å². The lowest BCUT2D eigenvalue weighted by molar-refractivity contribution is 0.0696. The van der Waals surface area contributed by atoms with Crippen LogP contribution in [-0.2, 0) is 7.05 Å². The van der Waals surface area contributed by atoms with Crippen molar-refractivity contribution in [1.29, 1.82) is 0 Å². The summed E-state index contributed by atoms with van der Waals surface area (Å²) in [5.74, 6) is -0.199. The van der Waals surface area contributed by atoms with Crippen LogP contribution in [0, 0.1) is 12.3 Å². The van der Waals surface area contributed by atoms with E-state index in [2.05, 4.69) is 36.8 Å². The molecule has 0 saturated carbocycles. The Labute approximate surface area is 119 Å². The van der Waals surface area contributed by atoms with Gasteiger partial charge in [0.15, 0.2) is 0 Å². The first-order valence-electron chi connectivity index (χ1n) is 6.93. The number of nitrogens with zero attached hydrogens (tertiary/aromatic N) is 3. The molecule has 2 heterocycles. The monoisotopic (exact) mass is 277 g/mol. The maximum atomic E-state index is 11.4. The number of carboxylic acids is 1. The fourth-order valence-electron chi connectivity index (χ4n) is 2.80. The number of aromatic carboxylic acids is 1. The number of hydrogen-bond donors (Lipinski definition) is 1. The molecule has 0 saturated heterocycles. The minimum Gasteiger partial charge on any atom is -0.477 e. The molecule has 1 aliphatic rings. The molecule has 0 radical (unpaired) electrons. The fraction of sp³-hybridized carbons (Fsp3) is 0.600. The quantitative estimate of drug-likeness (QED) is 0.844. The second-order valence-electron chi connectivity index (χ2n) is 6.39. The first kappa shape index (κ1) is 14.6. The largest absolute Gasteiger partial charge is 0.477 e. The molecule has 1 N–H and O–H groups in total. The van der Waals surface area contributed by atoms with Gasteiger partial charge in [-0.05, 0) is 18.8 Å². The van der Waals surface area contributed by atoms with E-state index in [1.807, 2.05) is 0 Å². The second kappa shape index (κ2) is 4.96. The fourth-order valence-corrected chi connectivity index (χ4v) is 2.80. The summed E-state index contributed by atoms with van der Waals surface area (Å²) in [6, 6.07) is 0. The van der Waals surface area contributed by atoms with Crippen LogP contribution in [0.2, 0.25) is 0 Å². The number of carboxylic acid groups (broad SMARTS) is 1. The number of aromatic nitrogens is 2. The van der Waals surface area contributed by atoms with Crippen LogP contribution in [0.4, 0.5) is 5.82 Å². The van der Waals surface area contributed by atoms with Crippen LogP contribution in [-0.4, -0.2) is 33.9 Å². The number of aryl methyl sites for hydroxylation is 2. The minimum atomic E-state index is -0.906. The molecule has 0 aromatic carbocycles. The van der Waals surface area contributed by atoms with Gasteiger partial charge in [-0.25, -0.2) is 4.79 Å². The van der Waals surface area contributed by atoms with Crippen molar-refractivity contribution in [3.63, 3.8) is 0 Å². The van der Waals surface area contributed by atoms with Gasteiger partial charge < -0.3 is 10.0 Å². The summed E-state index contributed by atoms with van der Waals surface area (Å²) in [6.07, 6.45) is 3.18. The lowest BCUT2D eigenvalue weighted by Gasteiger charge is -2.33. The smallest absolute Gasteiger partial charge is 0.341 e. The van der Waals surface area contributed by atoms with Gasteiger partial charge in [0.2, 0.25) is 0 Å². The van der Waals surface area contributed by atoms with Crippen molar-refractivity contribution < 1.29 is 9.90 Å². The number of hydrogen-bond acceptors (Lipinski definition) is 3. The highest BCUT2D eigenvalue weighted by Crippen LogP contribution is 2.32. The summed E-state index contributed by atoms with van der Waals surface area (Å²) < 4.78 is 1.68. The van der Waals surface area contributed by atoms with Gasteiger partial charge in [-0.1, -0.05) is 32.4 Å². The highest BCUT2D eigenvalue weighted by molar-refractivity contribution is 5.95. The Morgan fingerprint density at radius 1 is 1.40 bits per heavy atom. The number of anilines is 1. The molecule has 0 amide bonds. The van der Waals surface area contributed by atoms with Gasteiger partial charge in [-0.2, -0.15) is 5.10 Å². The van der Waals surface area contributed by atoms with Gasteiger partial charge in [0, 0.05) is 20.1 Å². The van der Waals surface area contributed by atoms with E-state index in [4.69, 9.17) is 0 Å². The molecule has 0 unspecified atom stereocenters. The van der Waals surface area contributed by atoms with E-state index >= 15 is 0 Å². The summed E-state index contributed by atoms with van der Waals surface area (Å²) in [5, 5.41) is 13.6. The first-order chi connectivity index (χ1) is 9.21. The molecular weight excluding hydrogens is 254 g/mol. The molecule has 0 atom stereocenters. The van der Waals surface area contributed by atoms with Crippen molar-refractivity contribution >= 4 is 11.8 Å². The molecule has 0 aliphatic carbocycles. The van der Waals surface area contributed by atoms with Crippen molar-refractivity contribution in [2.75, 3.05) is 18.0 Å². The molecule has 0 spiro atoms. The van der Waals surface area contributed by atoms with Crippen LogP contribution in [0.1, 0.15) is 43.2 Å². The summed E-state index contributed by atoms with van der Waals surface area (Å²) in [7, 11) is 1.80. The SMILES string of the molecule is Cc1nn(C)c(N2CC=C(C(C)(C)C)CC2)c1C(=O)O. The van der Waals surface area contributed by atoms with E-state index in [1.54, 1.807) is 18.7 Å². The molecule has 0 fully saturated rings. The van der Waals surface area contributed by atoms with Gasteiger partial charge in [0.25, 0.3) is 0 Å². The molecule has 1 aliphatic heterocycles. The van der Waals surface area contributed by atoms with E-state index in [-0.39, 0.29) is 5.41 Å². The third-order valence-electron chi connectivity index (χ3n) is 3.88. The Bertz CT molecular complexity index is 564. The van der Waals surface area contributed by atoms with Crippen LogP contribution in [0.15, 0.2) is 11.6 Å². The third kappa shape index (κ3) is 2.57. The second-order valence-corrected chi connectivity index (χ2v) is 6.39. The molecular formula is C15H23N3O2. The molecule has 5 nitrogen and oxygen atoms in total. The van der Waals surface area contributed by atoms with Crippen molar-refractivity contribution in [2.24, 2.45) is 12.5 Å². The van der Waals surface area contributed by atoms with E-state index in [1.165, 1.54) is 5.57 Å². The zero-order valence-corrected chi connectivity index (χ0v) is 12.9. The van der Waals surface area contributed by atoms with Crippen LogP contribution >= 0.6 is 0 Å². The predicted octanol–water partition coefficient (Wildman–Crippen LogP) is 2.61. The predicted molar refractivity (Wildman–Crippen MR) is 79.3 cm³/mol. The van der Waals surface area contributed by atoms with Gasteiger partial charge in [-0.3, -0.25) is 4.68 Å². The van der Waals surface area contributed by atoms with Crippen molar-refractivity contribution in [2.45, 2.75) is 34.1 Å². The van der Waals surface area contributed by atoms with Crippen LogP contribution in [0.3, 0.4) is 0 Å². The highest BCUT2D eigenvalue weighted by atomic mass is 16.4. The Kier molecular flexibility index (Phi) is 3.63. The topological polar surface area (TPSA) is 58.4 Å². The lowest BCUT2D eigenvalue weighted by atomic mass is 9.83. The average molecular weight is 277 g/mol. The van der Waals surface area contributed by atoms with Crippen molar-refractivity contribution in [1.82, 2.24) is 9.78 Å². The van der Waals surface area contributed by atoms with Crippen LogP contribution < -0.4 is 4.90 Å². The van der Waals surface area contributed by atoms with Gasteiger partial charge >= 0.3 is 5.97 Å². The minimum absolute atomic E-state index is 0.185. The highest BCUT2D eigenvalue weighted by Gasteiger charge is 2.27. The lowest BCUT2D eigenvalue weighted by Crippen LogP contribution is -2.33. The Balaban J connectivity index is 2.32. The van der Waals surface area contributed by atoms with E-state index < -0.39 is 5.97 Å². The standard InChI is InChI=1S/C15H23N3O2/c1-10-12(14(19)20)13(17(5)16-10)18-8-6-11(7-9-18)15(2,3)4/h6H,7-9H2,1-5H3,(H,19,20). The molecule has 5 heteroatoms. The molecule has 2 rings (SSSR count). The maximum absolute atomic E-state index is 11.4. The van der Waals surface area contributed by atoms with Gasteiger partial charge in [0.05, 0.1) is 5.69 Å². The Morgan fingerprint density at radius 2 is 2.05 bits per heavy atom. The molecule has 0 bridgehead atoms. The summed E-state index contributed by atoms with van der Waals surface area (Å²) in [6.45, 7) is 9.96. The molecule has 110 valence electrons. The molecule has 1 aromatic heterocycles. The normalized spacial score (nSPS) is 16.2. The summed E-state index contributed by atoms with van der Waals surface area (Å²) >= 11 is 0. The third-order valence-corrected chi connectivity index (χ3v) is 3.88. The molecule has 20 heavy (non-hydrogen) atoms. The van der Waals surface area contributed by atoms with E-state index in [0.717, 1.165) is 19.5 Å². The zero-order chi connectivity index (χ0) is 15.1. The van der Waals surface area contributed by atoms with Crippen LogP contribution in [0.5, 0.6) is 0 Å². The summed E-state index contributed by atoms with van der Waals surface area (Å²) in [5.41, 5.74) is 2.51. The van der Waals surface area contributed by atoms with Gasteiger partial charge in [0.1, 0.15) is 11.4 Å². The van der Waals surface area contributed by atoms with E-state index in [0.29, 0.717) is 17.1 Å². The Hall–Kier alpha value is -1.78. The van der Waals surface area contributed by atoms with E-state index in [9.17, 15) is 9.90 Å². The Morgan fingerprint density at radius 3 is 2.50 bits per heavy atom. The van der Waals surface area contributed by atoms with Crippen LogP contribution in [0.25, 0.3) is 0 Å². The number of rotatable bonds is 2. The zero-order valence-electron chi connectivity index (χ0n) is 12.9. The summed E-state index contributed by atoms with van der Waals surface area (Å²) in [4.78, 5) is 13.5. The first-order valence-corrected chi connectivity index (χ1v) is 6.93.